The summed E-state index contributed by atoms with van der Waals surface area (Å²) in [6.07, 6.45) is -0.693. The smallest absolute Gasteiger partial charge is 0.414 e. The topological polar surface area (TPSA) is 59.1 Å². The maximum atomic E-state index is 11.6. The van der Waals surface area contributed by atoms with Gasteiger partial charge in [0, 0.05) is 11.4 Å². The van der Waals surface area contributed by atoms with Crippen LogP contribution >= 0.6 is 0 Å². The molecule has 6 heteroatoms. The van der Waals surface area contributed by atoms with Crippen molar-refractivity contribution in [3.63, 3.8) is 0 Å². The predicted molar refractivity (Wildman–Crippen MR) is 68.6 cm³/mol. The first kappa shape index (κ1) is 11.8. The van der Waals surface area contributed by atoms with Crippen LogP contribution in [0.2, 0.25) is 0 Å². The average molecular weight is 262 g/mol. The van der Waals surface area contributed by atoms with Crippen LogP contribution in [-0.2, 0) is 9.47 Å². The van der Waals surface area contributed by atoms with Crippen LogP contribution in [0.5, 0.6) is 0 Å². The summed E-state index contributed by atoms with van der Waals surface area (Å²) in [7, 11) is 0. The molecule has 0 aromatic heterocycles. The van der Waals surface area contributed by atoms with Crippen molar-refractivity contribution in [2.45, 2.75) is 6.92 Å². The highest BCUT2D eigenvalue weighted by Crippen LogP contribution is 2.28. The molecule has 0 spiro atoms. The molecule has 0 radical (unpaired) electrons. The highest BCUT2D eigenvalue weighted by molar-refractivity contribution is 5.93. The van der Waals surface area contributed by atoms with E-state index in [2.05, 4.69) is 0 Å². The van der Waals surface area contributed by atoms with Gasteiger partial charge in [-0.05, 0) is 30.7 Å². The zero-order valence-corrected chi connectivity index (χ0v) is 10.6. The van der Waals surface area contributed by atoms with Crippen LogP contribution in [0.3, 0.4) is 0 Å². The third-order valence-electron chi connectivity index (χ3n) is 3.19. The van der Waals surface area contributed by atoms with E-state index in [1.807, 2.05) is 25.1 Å². The summed E-state index contributed by atoms with van der Waals surface area (Å²) in [4.78, 5) is 26.3. The van der Waals surface area contributed by atoms with Crippen LogP contribution in [0, 0.1) is 6.92 Å². The Labute approximate surface area is 110 Å². The molecule has 0 aliphatic carbocycles. The van der Waals surface area contributed by atoms with Gasteiger partial charge in [-0.1, -0.05) is 0 Å². The van der Waals surface area contributed by atoms with Crippen molar-refractivity contribution in [3.8, 4) is 0 Å². The third-order valence-corrected chi connectivity index (χ3v) is 3.19. The van der Waals surface area contributed by atoms with Gasteiger partial charge >= 0.3 is 12.2 Å². The first-order chi connectivity index (χ1) is 9.15. The van der Waals surface area contributed by atoms with Gasteiger partial charge in [0.1, 0.15) is 13.2 Å². The molecule has 3 rings (SSSR count). The fraction of sp³-hybridized carbons (Fsp3) is 0.385. The van der Waals surface area contributed by atoms with Crippen molar-refractivity contribution >= 4 is 23.6 Å². The summed E-state index contributed by atoms with van der Waals surface area (Å²) in [5, 5.41) is 0. The highest BCUT2D eigenvalue weighted by atomic mass is 16.6. The van der Waals surface area contributed by atoms with E-state index < -0.39 is 0 Å². The Morgan fingerprint density at radius 1 is 0.895 bits per heavy atom. The molecule has 100 valence electrons. The number of rotatable bonds is 2. The molecule has 0 atom stereocenters. The lowest BCUT2D eigenvalue weighted by Gasteiger charge is -2.18. The summed E-state index contributed by atoms with van der Waals surface area (Å²) in [5.74, 6) is 0. The Balaban J connectivity index is 1.96. The Morgan fingerprint density at radius 2 is 1.37 bits per heavy atom. The van der Waals surface area contributed by atoms with Gasteiger partial charge in [0.05, 0.1) is 13.1 Å². The minimum absolute atomic E-state index is 0.347. The minimum atomic E-state index is -0.347. The lowest BCUT2D eigenvalue weighted by molar-refractivity contribution is 0.180. The number of carbonyl (C=O) groups excluding carboxylic acids is 2. The molecule has 2 fully saturated rings. The first-order valence-electron chi connectivity index (χ1n) is 6.15. The Bertz CT molecular complexity index is 499. The zero-order valence-electron chi connectivity index (χ0n) is 10.6. The van der Waals surface area contributed by atoms with Crippen molar-refractivity contribution in [2.75, 3.05) is 36.1 Å². The zero-order chi connectivity index (χ0) is 13.4. The number of benzene rings is 1. The monoisotopic (exact) mass is 262 g/mol. The van der Waals surface area contributed by atoms with Gasteiger partial charge in [-0.25, -0.2) is 9.59 Å². The normalized spacial score (nSPS) is 18.8. The number of aryl methyl sites for hydroxylation is 1. The van der Waals surface area contributed by atoms with Crippen LogP contribution in [0.1, 0.15) is 5.56 Å². The van der Waals surface area contributed by atoms with E-state index >= 15 is 0 Å². The number of amides is 2. The summed E-state index contributed by atoms with van der Waals surface area (Å²) >= 11 is 0. The number of cyclic esters (lactones) is 2. The van der Waals surface area contributed by atoms with Gasteiger partial charge in [-0.3, -0.25) is 9.80 Å². The Morgan fingerprint density at radius 3 is 1.74 bits per heavy atom. The average Bonchev–Trinajstić information content (AvgIpc) is 2.97. The molecule has 2 aliphatic heterocycles. The van der Waals surface area contributed by atoms with Gasteiger partial charge in [-0.2, -0.15) is 0 Å². The van der Waals surface area contributed by atoms with Crippen LogP contribution in [0.4, 0.5) is 21.0 Å². The molecule has 2 saturated heterocycles. The second-order valence-electron chi connectivity index (χ2n) is 4.56. The second-order valence-corrected chi connectivity index (χ2v) is 4.56. The molecule has 2 heterocycles. The second kappa shape index (κ2) is 4.46. The van der Waals surface area contributed by atoms with Gasteiger partial charge in [-0.15, -0.1) is 0 Å². The molecule has 0 N–H and O–H groups in total. The van der Waals surface area contributed by atoms with Crippen LogP contribution in [0.15, 0.2) is 18.2 Å². The number of ether oxygens (including phenoxy) is 2. The van der Waals surface area contributed by atoms with E-state index in [0.717, 1.165) is 16.9 Å². The summed E-state index contributed by atoms with van der Waals surface area (Å²) in [5.41, 5.74) is 2.47. The third kappa shape index (κ3) is 2.09. The predicted octanol–water partition coefficient (Wildman–Crippen LogP) is 1.91. The van der Waals surface area contributed by atoms with Gasteiger partial charge in [0.2, 0.25) is 0 Å². The molecule has 0 bridgehead atoms. The summed E-state index contributed by atoms with van der Waals surface area (Å²) < 4.78 is 9.86. The summed E-state index contributed by atoms with van der Waals surface area (Å²) in [6.45, 7) is 3.79. The number of carbonyl (C=O) groups is 2. The first-order valence-corrected chi connectivity index (χ1v) is 6.15. The molecule has 1 aromatic rings. The fourth-order valence-electron chi connectivity index (χ4n) is 2.31. The number of nitrogens with zero attached hydrogens (tertiary/aromatic N) is 2. The van der Waals surface area contributed by atoms with E-state index in [1.165, 1.54) is 0 Å². The van der Waals surface area contributed by atoms with Gasteiger partial charge in [0.25, 0.3) is 0 Å². The molecule has 1 aromatic carbocycles. The van der Waals surface area contributed by atoms with Crippen molar-refractivity contribution in [1.29, 1.82) is 0 Å². The van der Waals surface area contributed by atoms with Crippen molar-refractivity contribution in [1.82, 2.24) is 0 Å². The Hall–Kier alpha value is -2.24. The molecule has 0 saturated carbocycles. The van der Waals surface area contributed by atoms with E-state index in [-0.39, 0.29) is 12.2 Å². The lowest BCUT2D eigenvalue weighted by Crippen LogP contribution is -2.26. The number of anilines is 2. The van der Waals surface area contributed by atoms with Crippen LogP contribution in [0.25, 0.3) is 0 Å². The lowest BCUT2D eigenvalue weighted by atomic mass is 10.1. The van der Waals surface area contributed by atoms with Crippen molar-refractivity contribution < 1.29 is 19.1 Å². The largest absolute Gasteiger partial charge is 0.447 e. The molecule has 0 unspecified atom stereocenters. The molecule has 2 amide bonds. The number of hydrogen-bond donors (Lipinski definition) is 0. The van der Waals surface area contributed by atoms with Gasteiger partial charge < -0.3 is 9.47 Å². The highest BCUT2D eigenvalue weighted by Gasteiger charge is 2.27. The van der Waals surface area contributed by atoms with E-state index in [0.29, 0.717) is 26.3 Å². The van der Waals surface area contributed by atoms with Crippen LogP contribution < -0.4 is 9.80 Å². The maximum Gasteiger partial charge on any atom is 0.414 e. The molecule has 6 nitrogen and oxygen atoms in total. The molecule has 2 aliphatic rings. The van der Waals surface area contributed by atoms with E-state index in [4.69, 9.17) is 9.47 Å². The molecule has 19 heavy (non-hydrogen) atoms. The van der Waals surface area contributed by atoms with Crippen LogP contribution in [-0.4, -0.2) is 38.5 Å². The molecular formula is C13H14N2O4. The quantitative estimate of drug-likeness (QED) is 0.816. The van der Waals surface area contributed by atoms with E-state index in [9.17, 15) is 9.59 Å². The SMILES string of the molecule is Cc1cc(N2CCOC2=O)cc(N2CCOC2=O)c1. The van der Waals surface area contributed by atoms with Gasteiger partial charge in [0.15, 0.2) is 0 Å². The Kier molecular flexibility index (Phi) is 2.77. The standard InChI is InChI=1S/C13H14N2O4/c1-9-6-10(14-2-4-18-12(14)16)8-11(7-9)15-3-5-19-13(15)17/h6-8H,2-5H2,1H3. The van der Waals surface area contributed by atoms with Crippen molar-refractivity contribution in [3.05, 3.63) is 23.8 Å². The maximum absolute atomic E-state index is 11.6. The fourth-order valence-corrected chi connectivity index (χ4v) is 2.31. The van der Waals surface area contributed by atoms with E-state index in [1.54, 1.807) is 9.80 Å². The molecular weight excluding hydrogens is 248 g/mol. The van der Waals surface area contributed by atoms with Crippen molar-refractivity contribution in [2.24, 2.45) is 0 Å². The number of hydrogen-bond acceptors (Lipinski definition) is 4. The summed E-state index contributed by atoms with van der Waals surface area (Å²) in [6, 6.07) is 5.61. The minimum Gasteiger partial charge on any atom is -0.447 e.